The van der Waals surface area contributed by atoms with Crippen molar-refractivity contribution in [2.45, 2.75) is 51.1 Å². The van der Waals surface area contributed by atoms with Crippen molar-refractivity contribution in [3.8, 4) is 11.1 Å². The first kappa shape index (κ1) is 19.1. The van der Waals surface area contributed by atoms with E-state index in [9.17, 15) is 10.2 Å². The van der Waals surface area contributed by atoms with Crippen molar-refractivity contribution in [3.63, 3.8) is 0 Å². The monoisotopic (exact) mass is 356 g/mol. The third-order valence-electron chi connectivity index (χ3n) is 4.91. The molecule has 1 fully saturated rings. The van der Waals surface area contributed by atoms with Crippen molar-refractivity contribution >= 4 is 0 Å². The number of ether oxygens (including phenoxy) is 2. The molecule has 1 saturated heterocycles. The molecule has 0 bridgehead atoms. The summed E-state index contributed by atoms with van der Waals surface area (Å²) in [4.78, 5) is 0. The zero-order chi connectivity index (χ0) is 18.4. The highest BCUT2D eigenvalue weighted by Crippen LogP contribution is 2.38. The highest BCUT2D eigenvalue weighted by molar-refractivity contribution is 5.72. The SMILES string of the molecule is CCC(O)CCCC(O)c1cccc(C2OCCO2)c1-c1ccccc1. The molecule has 26 heavy (non-hydrogen) atoms. The molecule has 4 heteroatoms. The Kier molecular flexibility index (Phi) is 6.80. The maximum atomic E-state index is 10.9. The van der Waals surface area contributed by atoms with Gasteiger partial charge in [-0.05, 0) is 42.4 Å². The van der Waals surface area contributed by atoms with E-state index in [1.54, 1.807) is 0 Å². The second-order valence-corrected chi connectivity index (χ2v) is 6.76. The first-order valence-corrected chi connectivity index (χ1v) is 9.48. The molecule has 2 unspecified atom stereocenters. The summed E-state index contributed by atoms with van der Waals surface area (Å²) in [6.07, 6.45) is 1.59. The molecule has 0 amide bonds. The minimum Gasteiger partial charge on any atom is -0.393 e. The molecule has 0 saturated carbocycles. The number of rotatable bonds is 8. The Morgan fingerprint density at radius 2 is 1.69 bits per heavy atom. The highest BCUT2D eigenvalue weighted by Gasteiger charge is 2.25. The molecule has 1 aliphatic heterocycles. The molecule has 2 atom stereocenters. The van der Waals surface area contributed by atoms with Crippen molar-refractivity contribution in [3.05, 3.63) is 59.7 Å². The van der Waals surface area contributed by atoms with Crippen molar-refractivity contribution in [1.29, 1.82) is 0 Å². The Hall–Kier alpha value is -1.72. The standard InChI is InChI=1S/C22H28O4/c1-2-17(23)10-6-13-20(24)18-11-7-12-19(22-25-14-15-26-22)21(18)16-8-4-3-5-9-16/h3-5,7-9,11-12,17,20,22-24H,2,6,10,13-15H2,1H3. The van der Waals surface area contributed by atoms with Crippen LogP contribution < -0.4 is 0 Å². The van der Waals surface area contributed by atoms with E-state index in [2.05, 4.69) is 0 Å². The number of aliphatic hydroxyl groups is 2. The summed E-state index contributed by atoms with van der Waals surface area (Å²) in [5.74, 6) is 0. The summed E-state index contributed by atoms with van der Waals surface area (Å²) in [5, 5.41) is 20.6. The predicted molar refractivity (Wildman–Crippen MR) is 102 cm³/mol. The van der Waals surface area contributed by atoms with Crippen LogP contribution in [0.1, 0.15) is 56.1 Å². The molecule has 2 aromatic rings. The zero-order valence-corrected chi connectivity index (χ0v) is 15.3. The minimum absolute atomic E-state index is 0.289. The summed E-state index contributed by atoms with van der Waals surface area (Å²) in [6.45, 7) is 3.14. The van der Waals surface area contributed by atoms with Gasteiger partial charge in [-0.25, -0.2) is 0 Å². The normalized spacial score (nSPS) is 17.3. The fraction of sp³-hybridized carbons (Fsp3) is 0.455. The Bertz CT molecular complexity index is 680. The summed E-state index contributed by atoms with van der Waals surface area (Å²) >= 11 is 0. The molecule has 2 N–H and O–H groups in total. The highest BCUT2D eigenvalue weighted by atomic mass is 16.7. The summed E-state index contributed by atoms with van der Waals surface area (Å²) < 4.78 is 11.5. The van der Waals surface area contributed by atoms with E-state index in [-0.39, 0.29) is 12.4 Å². The lowest BCUT2D eigenvalue weighted by Crippen LogP contribution is -2.08. The molecular weight excluding hydrogens is 328 g/mol. The first-order valence-electron chi connectivity index (χ1n) is 9.48. The van der Waals surface area contributed by atoms with E-state index in [1.807, 2.05) is 55.5 Å². The fourth-order valence-corrected chi connectivity index (χ4v) is 3.45. The van der Waals surface area contributed by atoms with Gasteiger partial charge in [-0.1, -0.05) is 55.5 Å². The van der Waals surface area contributed by atoms with Crippen LogP contribution in [0.3, 0.4) is 0 Å². The Balaban J connectivity index is 1.90. The lowest BCUT2D eigenvalue weighted by atomic mass is 9.89. The third kappa shape index (κ3) is 4.51. The predicted octanol–water partition coefficient (Wildman–Crippen LogP) is 4.37. The molecule has 0 radical (unpaired) electrons. The van der Waals surface area contributed by atoms with Crippen molar-refractivity contribution in [2.75, 3.05) is 13.2 Å². The van der Waals surface area contributed by atoms with E-state index in [0.29, 0.717) is 26.1 Å². The van der Waals surface area contributed by atoms with Crippen LogP contribution in [0.4, 0.5) is 0 Å². The molecular formula is C22H28O4. The van der Waals surface area contributed by atoms with Crippen molar-refractivity contribution in [1.82, 2.24) is 0 Å². The Morgan fingerprint density at radius 3 is 2.38 bits per heavy atom. The van der Waals surface area contributed by atoms with E-state index < -0.39 is 6.10 Å². The largest absolute Gasteiger partial charge is 0.393 e. The molecule has 1 aliphatic rings. The van der Waals surface area contributed by atoms with Gasteiger partial charge in [0.15, 0.2) is 6.29 Å². The second-order valence-electron chi connectivity index (χ2n) is 6.76. The molecule has 0 spiro atoms. The molecule has 1 heterocycles. The van der Waals surface area contributed by atoms with Gasteiger partial charge in [0.1, 0.15) is 0 Å². The average molecular weight is 356 g/mol. The van der Waals surface area contributed by atoms with Gasteiger partial charge in [0.2, 0.25) is 0 Å². The summed E-state index contributed by atoms with van der Waals surface area (Å²) in [5.41, 5.74) is 3.88. The lowest BCUT2D eigenvalue weighted by molar-refractivity contribution is -0.0438. The zero-order valence-electron chi connectivity index (χ0n) is 15.3. The quantitative estimate of drug-likeness (QED) is 0.737. The van der Waals surface area contributed by atoms with Gasteiger partial charge < -0.3 is 19.7 Å². The van der Waals surface area contributed by atoms with Gasteiger partial charge in [-0.3, -0.25) is 0 Å². The van der Waals surface area contributed by atoms with E-state index in [4.69, 9.17) is 9.47 Å². The minimum atomic E-state index is -0.587. The smallest absolute Gasteiger partial charge is 0.184 e. The van der Waals surface area contributed by atoms with E-state index in [0.717, 1.165) is 35.1 Å². The second kappa shape index (κ2) is 9.28. The van der Waals surface area contributed by atoms with Crippen LogP contribution >= 0.6 is 0 Å². The molecule has 2 aromatic carbocycles. The van der Waals surface area contributed by atoms with Crippen LogP contribution in [0.25, 0.3) is 11.1 Å². The number of hydrogen-bond acceptors (Lipinski definition) is 4. The van der Waals surface area contributed by atoms with Gasteiger partial charge in [-0.15, -0.1) is 0 Å². The van der Waals surface area contributed by atoms with Crippen LogP contribution in [0.2, 0.25) is 0 Å². The molecule has 0 aliphatic carbocycles. The van der Waals surface area contributed by atoms with Crippen LogP contribution in [0.15, 0.2) is 48.5 Å². The van der Waals surface area contributed by atoms with Gasteiger partial charge >= 0.3 is 0 Å². The average Bonchev–Trinajstić information content (AvgIpc) is 3.22. The van der Waals surface area contributed by atoms with Gasteiger partial charge in [0, 0.05) is 5.56 Å². The third-order valence-corrected chi connectivity index (χ3v) is 4.91. The van der Waals surface area contributed by atoms with Crippen LogP contribution in [0.5, 0.6) is 0 Å². The maximum absolute atomic E-state index is 10.9. The molecule has 140 valence electrons. The topological polar surface area (TPSA) is 58.9 Å². The number of benzene rings is 2. The van der Waals surface area contributed by atoms with Gasteiger partial charge in [-0.2, -0.15) is 0 Å². The Labute approximate surface area is 155 Å². The van der Waals surface area contributed by atoms with Crippen LogP contribution in [-0.2, 0) is 9.47 Å². The maximum Gasteiger partial charge on any atom is 0.184 e. The van der Waals surface area contributed by atoms with Crippen LogP contribution in [0, 0.1) is 0 Å². The molecule has 0 aromatic heterocycles. The summed E-state index contributed by atoms with van der Waals surface area (Å²) in [7, 11) is 0. The number of hydrogen-bond donors (Lipinski definition) is 2. The fourth-order valence-electron chi connectivity index (χ4n) is 3.45. The lowest BCUT2D eigenvalue weighted by Gasteiger charge is -2.22. The number of aliphatic hydroxyl groups excluding tert-OH is 2. The summed E-state index contributed by atoms with van der Waals surface area (Å²) in [6, 6.07) is 16.0. The van der Waals surface area contributed by atoms with E-state index >= 15 is 0 Å². The van der Waals surface area contributed by atoms with Gasteiger partial charge in [0.25, 0.3) is 0 Å². The van der Waals surface area contributed by atoms with Crippen molar-refractivity contribution < 1.29 is 19.7 Å². The van der Waals surface area contributed by atoms with Crippen LogP contribution in [-0.4, -0.2) is 29.5 Å². The van der Waals surface area contributed by atoms with Gasteiger partial charge in [0.05, 0.1) is 25.4 Å². The first-order chi connectivity index (χ1) is 12.7. The van der Waals surface area contributed by atoms with E-state index in [1.165, 1.54) is 0 Å². The molecule has 3 rings (SSSR count). The van der Waals surface area contributed by atoms with Crippen molar-refractivity contribution in [2.24, 2.45) is 0 Å². The Morgan fingerprint density at radius 1 is 0.962 bits per heavy atom. The molecule has 4 nitrogen and oxygen atoms in total.